The van der Waals surface area contributed by atoms with Gasteiger partial charge in [0.15, 0.2) is 5.16 Å². The van der Waals surface area contributed by atoms with Crippen LogP contribution in [0.15, 0.2) is 69.3 Å². The third kappa shape index (κ3) is 5.62. The van der Waals surface area contributed by atoms with Gasteiger partial charge < -0.3 is 15.0 Å². The Morgan fingerprint density at radius 3 is 2.68 bits per heavy atom. The minimum absolute atomic E-state index is 0.100. The number of aromatic nitrogens is 5. The van der Waals surface area contributed by atoms with E-state index in [2.05, 4.69) is 25.5 Å². The number of aromatic amines is 2. The highest BCUT2D eigenvalue weighted by atomic mass is 32.2. The van der Waals surface area contributed by atoms with Gasteiger partial charge in [0.2, 0.25) is 5.91 Å². The van der Waals surface area contributed by atoms with Gasteiger partial charge in [-0.1, -0.05) is 30.0 Å². The number of methoxy groups -OCH3 is 1. The number of ether oxygens (including phenoxy) is 1. The summed E-state index contributed by atoms with van der Waals surface area (Å²) in [7, 11) is 1.56. The van der Waals surface area contributed by atoms with E-state index in [1.807, 2.05) is 35.8 Å². The van der Waals surface area contributed by atoms with Crippen molar-refractivity contribution in [2.75, 3.05) is 18.2 Å². The first-order chi connectivity index (χ1) is 16.4. The van der Waals surface area contributed by atoms with Gasteiger partial charge in [0, 0.05) is 35.6 Å². The molecule has 0 atom stereocenters. The second-order valence-electron chi connectivity index (χ2n) is 7.43. The Labute approximate surface area is 198 Å². The van der Waals surface area contributed by atoms with E-state index in [1.54, 1.807) is 31.4 Å². The average Bonchev–Trinajstić information content (AvgIpc) is 3.19. The Balaban J connectivity index is 1.58. The molecular weight excluding hydrogens is 456 g/mol. The zero-order valence-electron chi connectivity index (χ0n) is 18.5. The summed E-state index contributed by atoms with van der Waals surface area (Å²) in [4.78, 5) is 40.7. The van der Waals surface area contributed by atoms with Crippen LogP contribution >= 0.6 is 11.8 Å². The monoisotopic (exact) mass is 478 g/mol. The number of rotatable bonds is 8. The summed E-state index contributed by atoms with van der Waals surface area (Å²) in [5.74, 6) is 1.05. The Morgan fingerprint density at radius 2 is 1.91 bits per heavy atom. The topological polar surface area (TPSA) is 135 Å². The minimum Gasteiger partial charge on any atom is -0.497 e. The third-order valence-corrected chi connectivity index (χ3v) is 5.74. The fraction of sp³-hybridized carbons (Fsp3) is 0.174. The first-order valence-corrected chi connectivity index (χ1v) is 11.3. The van der Waals surface area contributed by atoms with Crippen molar-refractivity contribution in [2.24, 2.45) is 0 Å². The van der Waals surface area contributed by atoms with Gasteiger partial charge in [-0.15, -0.1) is 10.2 Å². The molecular formula is C23H22N6O4S. The smallest absolute Gasteiger partial charge is 0.325 e. The number of carbonyl (C=O) groups is 1. The van der Waals surface area contributed by atoms with Gasteiger partial charge in [0.25, 0.3) is 5.56 Å². The second kappa shape index (κ2) is 10.2. The second-order valence-corrected chi connectivity index (χ2v) is 8.37. The number of nitrogens with one attached hydrogen (secondary N) is 3. The van der Waals surface area contributed by atoms with Crippen LogP contribution in [0.4, 0.5) is 5.69 Å². The maximum Gasteiger partial charge on any atom is 0.325 e. The highest BCUT2D eigenvalue weighted by Gasteiger charge is 2.17. The molecule has 4 rings (SSSR count). The van der Waals surface area contributed by atoms with Crippen LogP contribution in [-0.4, -0.2) is 43.5 Å². The molecule has 1 amide bonds. The molecule has 10 nitrogen and oxygen atoms in total. The summed E-state index contributed by atoms with van der Waals surface area (Å²) in [5, 5.41) is 11.9. The Morgan fingerprint density at radius 1 is 1.09 bits per heavy atom. The van der Waals surface area contributed by atoms with Crippen molar-refractivity contribution < 1.29 is 9.53 Å². The number of hydrogen-bond acceptors (Lipinski definition) is 7. The molecule has 11 heteroatoms. The average molecular weight is 479 g/mol. The summed E-state index contributed by atoms with van der Waals surface area (Å²) in [6.45, 7) is 1.97. The number of aryl methyl sites for hydroxylation is 1. The lowest BCUT2D eigenvalue weighted by Crippen LogP contribution is -2.23. The number of amides is 1. The zero-order valence-corrected chi connectivity index (χ0v) is 19.3. The van der Waals surface area contributed by atoms with Crippen molar-refractivity contribution in [2.45, 2.75) is 18.5 Å². The van der Waals surface area contributed by atoms with Gasteiger partial charge in [-0.05, 0) is 36.8 Å². The van der Waals surface area contributed by atoms with Gasteiger partial charge >= 0.3 is 5.69 Å². The van der Waals surface area contributed by atoms with Crippen molar-refractivity contribution in [3.8, 4) is 11.4 Å². The predicted molar refractivity (Wildman–Crippen MR) is 129 cm³/mol. The van der Waals surface area contributed by atoms with Crippen LogP contribution < -0.4 is 21.3 Å². The molecule has 0 aliphatic carbocycles. The van der Waals surface area contributed by atoms with E-state index in [4.69, 9.17) is 4.74 Å². The van der Waals surface area contributed by atoms with E-state index in [0.717, 1.165) is 11.3 Å². The van der Waals surface area contributed by atoms with Gasteiger partial charge in [0.1, 0.15) is 11.6 Å². The van der Waals surface area contributed by atoms with Crippen LogP contribution in [0.3, 0.4) is 0 Å². The Hall–Kier alpha value is -4.12. The van der Waals surface area contributed by atoms with Crippen molar-refractivity contribution in [1.29, 1.82) is 0 Å². The fourth-order valence-electron chi connectivity index (χ4n) is 3.35. The molecule has 0 radical (unpaired) electrons. The molecule has 2 aromatic heterocycles. The number of benzene rings is 2. The molecule has 0 unspecified atom stereocenters. The SMILES string of the molecule is COc1cccc(NC(=O)CSc2nnc(Cc3cc(=O)[nH]c(=O)[nH]3)n2-c2cccc(C)c2)c1. The first-order valence-electron chi connectivity index (χ1n) is 10.3. The van der Waals surface area contributed by atoms with Gasteiger partial charge in [0.05, 0.1) is 12.9 Å². The van der Waals surface area contributed by atoms with Gasteiger partial charge in [-0.3, -0.25) is 19.1 Å². The number of nitrogens with zero attached hydrogens (tertiary/aromatic N) is 3. The molecule has 0 aliphatic rings. The molecule has 0 spiro atoms. The van der Waals surface area contributed by atoms with Crippen molar-refractivity contribution in [3.05, 3.63) is 92.5 Å². The van der Waals surface area contributed by atoms with Crippen LogP contribution in [-0.2, 0) is 11.2 Å². The van der Waals surface area contributed by atoms with Gasteiger partial charge in [-0.2, -0.15) is 0 Å². The van der Waals surface area contributed by atoms with Crippen molar-refractivity contribution >= 4 is 23.4 Å². The summed E-state index contributed by atoms with van der Waals surface area (Å²) in [6.07, 6.45) is 0.177. The Kier molecular flexibility index (Phi) is 6.93. The number of hydrogen-bond donors (Lipinski definition) is 3. The van der Waals surface area contributed by atoms with E-state index in [-0.39, 0.29) is 18.1 Å². The maximum atomic E-state index is 12.6. The zero-order chi connectivity index (χ0) is 24.1. The molecule has 0 bridgehead atoms. The highest BCUT2D eigenvalue weighted by Crippen LogP contribution is 2.24. The molecule has 0 fully saturated rings. The number of H-pyrrole nitrogens is 2. The molecule has 0 saturated heterocycles. The van der Waals surface area contributed by atoms with E-state index in [9.17, 15) is 14.4 Å². The predicted octanol–water partition coefficient (Wildman–Crippen LogP) is 2.28. The fourth-order valence-corrected chi connectivity index (χ4v) is 4.12. The van der Waals surface area contributed by atoms with Crippen molar-refractivity contribution in [1.82, 2.24) is 24.7 Å². The lowest BCUT2D eigenvalue weighted by Gasteiger charge is -2.11. The molecule has 2 heterocycles. The minimum atomic E-state index is -0.590. The first kappa shape index (κ1) is 23.1. The number of anilines is 1. The number of thioether (sulfide) groups is 1. The van der Waals surface area contributed by atoms with Crippen LogP contribution in [0.25, 0.3) is 5.69 Å². The molecule has 34 heavy (non-hydrogen) atoms. The summed E-state index contributed by atoms with van der Waals surface area (Å²) < 4.78 is 7.00. The lowest BCUT2D eigenvalue weighted by atomic mass is 10.2. The lowest BCUT2D eigenvalue weighted by molar-refractivity contribution is -0.113. The van der Waals surface area contributed by atoms with Crippen LogP contribution in [0.5, 0.6) is 5.75 Å². The molecule has 0 aliphatic heterocycles. The molecule has 2 aromatic carbocycles. The number of carbonyl (C=O) groups excluding carboxylic acids is 1. The molecule has 0 saturated carbocycles. The van der Waals surface area contributed by atoms with E-state index < -0.39 is 11.2 Å². The highest BCUT2D eigenvalue weighted by molar-refractivity contribution is 7.99. The summed E-state index contributed by atoms with van der Waals surface area (Å²) in [5.41, 5.74) is 1.79. The standard InChI is InChI=1S/C23H22N6O4S/c1-14-5-3-7-17(9-14)29-19(11-16-12-20(30)26-22(32)25-16)27-28-23(29)34-13-21(31)24-15-6-4-8-18(10-15)33-2/h3-10,12H,11,13H2,1-2H3,(H,24,31)(H2,25,26,30,32). The van der Waals surface area contributed by atoms with E-state index in [1.165, 1.54) is 17.8 Å². The van der Waals surface area contributed by atoms with Gasteiger partial charge in [-0.25, -0.2) is 4.79 Å². The van der Waals surface area contributed by atoms with Crippen LogP contribution in [0, 0.1) is 6.92 Å². The summed E-state index contributed by atoms with van der Waals surface area (Å²) in [6, 6.07) is 16.2. The third-order valence-electron chi connectivity index (χ3n) is 4.81. The normalized spacial score (nSPS) is 10.8. The Bertz CT molecular complexity index is 1410. The molecule has 174 valence electrons. The van der Waals surface area contributed by atoms with E-state index in [0.29, 0.717) is 28.1 Å². The molecule has 4 aromatic rings. The van der Waals surface area contributed by atoms with Crippen molar-refractivity contribution in [3.63, 3.8) is 0 Å². The van der Waals surface area contributed by atoms with Crippen LogP contribution in [0.2, 0.25) is 0 Å². The largest absolute Gasteiger partial charge is 0.497 e. The summed E-state index contributed by atoms with van der Waals surface area (Å²) >= 11 is 1.23. The van der Waals surface area contributed by atoms with E-state index >= 15 is 0 Å². The maximum absolute atomic E-state index is 12.6. The van der Waals surface area contributed by atoms with Crippen LogP contribution in [0.1, 0.15) is 17.1 Å². The molecule has 3 N–H and O–H groups in total. The quantitative estimate of drug-likeness (QED) is 0.331.